The van der Waals surface area contributed by atoms with Gasteiger partial charge in [0.2, 0.25) is 0 Å². The van der Waals surface area contributed by atoms with E-state index < -0.39 is 0 Å². The number of benzene rings is 7. The van der Waals surface area contributed by atoms with Gasteiger partial charge >= 0.3 is 0 Å². The molecule has 0 radical (unpaired) electrons. The van der Waals surface area contributed by atoms with Gasteiger partial charge in [0.25, 0.3) is 0 Å². The normalized spacial score (nSPS) is 11.7. The van der Waals surface area contributed by atoms with Crippen LogP contribution in [-0.2, 0) is 0 Å². The summed E-state index contributed by atoms with van der Waals surface area (Å²) in [5.74, 6) is 2.67. The fraction of sp³-hybridized carbons (Fsp3) is 0. The minimum Gasteiger partial charge on any atom is -0.294 e. The minimum atomic E-state index is 0.577. The second-order valence-electron chi connectivity index (χ2n) is 12.3. The van der Waals surface area contributed by atoms with Crippen LogP contribution < -0.4 is 0 Å². The molecule has 0 unspecified atom stereocenters. The molecular weight excluding hydrogens is 599 g/mol. The molecule has 10 rings (SSSR count). The third-order valence-corrected chi connectivity index (χ3v) is 9.49. The Morgan fingerprint density at radius 1 is 0.367 bits per heavy atom. The van der Waals surface area contributed by atoms with Crippen molar-refractivity contribution in [3.05, 3.63) is 164 Å². The van der Waals surface area contributed by atoms with Crippen molar-refractivity contribution < 1.29 is 0 Å². The van der Waals surface area contributed by atoms with Crippen molar-refractivity contribution in [2.24, 2.45) is 0 Å². The van der Waals surface area contributed by atoms with Gasteiger partial charge in [0.05, 0.1) is 11.0 Å². The molecule has 0 spiro atoms. The second kappa shape index (κ2) is 10.9. The Morgan fingerprint density at radius 3 is 1.53 bits per heavy atom. The summed E-state index contributed by atoms with van der Waals surface area (Å²) in [4.78, 5) is 20.3. The molecule has 0 saturated heterocycles. The van der Waals surface area contributed by atoms with E-state index in [2.05, 4.69) is 162 Å². The topological polar surface area (TPSA) is 56.5 Å². The zero-order valence-electron chi connectivity index (χ0n) is 26.3. The highest BCUT2D eigenvalue weighted by Crippen LogP contribution is 2.37. The van der Waals surface area contributed by atoms with Crippen LogP contribution in [0.25, 0.3) is 94.1 Å². The van der Waals surface area contributed by atoms with Crippen LogP contribution >= 0.6 is 0 Å². The van der Waals surface area contributed by atoms with Crippen LogP contribution in [-0.4, -0.2) is 24.5 Å². The van der Waals surface area contributed by atoms with Gasteiger partial charge < -0.3 is 0 Å². The Balaban J connectivity index is 1.17. The van der Waals surface area contributed by atoms with Crippen molar-refractivity contribution in [2.45, 2.75) is 0 Å². The molecular formula is C44H27N5. The molecule has 5 nitrogen and oxygen atoms in total. The van der Waals surface area contributed by atoms with Gasteiger partial charge in [-0.25, -0.2) is 19.9 Å². The van der Waals surface area contributed by atoms with Crippen LogP contribution in [0.15, 0.2) is 164 Å². The predicted octanol–water partition coefficient (Wildman–Crippen LogP) is 10.8. The van der Waals surface area contributed by atoms with E-state index in [1.807, 2.05) is 6.20 Å². The van der Waals surface area contributed by atoms with E-state index in [0.29, 0.717) is 17.5 Å². The number of aromatic nitrogens is 5. The van der Waals surface area contributed by atoms with Crippen LogP contribution in [0.3, 0.4) is 0 Å². The Labute approximate surface area is 281 Å². The number of pyridine rings is 1. The summed E-state index contributed by atoms with van der Waals surface area (Å²) in [7, 11) is 0. The predicted molar refractivity (Wildman–Crippen MR) is 201 cm³/mol. The van der Waals surface area contributed by atoms with Gasteiger partial charge in [-0.3, -0.25) is 4.57 Å². The number of hydrogen-bond donors (Lipinski definition) is 0. The molecule has 0 aliphatic heterocycles. The fourth-order valence-electron chi connectivity index (χ4n) is 7.22. The number of rotatable bonds is 4. The number of para-hydroxylation sites is 1. The van der Waals surface area contributed by atoms with Crippen LogP contribution in [0.1, 0.15) is 0 Å². The second-order valence-corrected chi connectivity index (χ2v) is 12.3. The molecule has 0 aliphatic carbocycles. The molecule has 0 N–H and O–H groups in total. The van der Waals surface area contributed by atoms with Gasteiger partial charge in [-0.1, -0.05) is 133 Å². The van der Waals surface area contributed by atoms with E-state index in [0.717, 1.165) is 55.1 Å². The molecule has 3 heterocycles. The summed E-state index contributed by atoms with van der Waals surface area (Å²) in [5, 5.41) is 9.36. The lowest BCUT2D eigenvalue weighted by Crippen LogP contribution is -2.02. The first-order valence-corrected chi connectivity index (χ1v) is 16.4. The Morgan fingerprint density at radius 2 is 0.898 bits per heavy atom. The van der Waals surface area contributed by atoms with E-state index in [4.69, 9.17) is 19.9 Å². The Hall–Kier alpha value is -6.72. The molecule has 0 saturated carbocycles. The number of fused-ring (bicyclic) bond motifs is 7. The largest absolute Gasteiger partial charge is 0.294 e. The fourth-order valence-corrected chi connectivity index (χ4v) is 7.22. The van der Waals surface area contributed by atoms with Gasteiger partial charge in [0, 0.05) is 33.7 Å². The van der Waals surface area contributed by atoms with Crippen molar-refractivity contribution in [1.29, 1.82) is 0 Å². The van der Waals surface area contributed by atoms with Crippen molar-refractivity contribution in [3.63, 3.8) is 0 Å². The van der Waals surface area contributed by atoms with Crippen LogP contribution in [0, 0.1) is 0 Å². The molecule has 3 aromatic heterocycles. The number of hydrogen-bond acceptors (Lipinski definition) is 4. The Kier molecular flexibility index (Phi) is 6.11. The van der Waals surface area contributed by atoms with Crippen molar-refractivity contribution in [2.75, 3.05) is 0 Å². The van der Waals surface area contributed by atoms with Gasteiger partial charge in [0.1, 0.15) is 5.82 Å². The van der Waals surface area contributed by atoms with E-state index in [1.165, 1.54) is 21.5 Å². The molecule has 0 amide bonds. The minimum absolute atomic E-state index is 0.577. The van der Waals surface area contributed by atoms with Crippen molar-refractivity contribution in [1.82, 2.24) is 24.5 Å². The highest BCUT2D eigenvalue weighted by atomic mass is 15.1. The monoisotopic (exact) mass is 625 g/mol. The van der Waals surface area contributed by atoms with Crippen LogP contribution in [0.2, 0.25) is 0 Å². The summed E-state index contributed by atoms with van der Waals surface area (Å²) in [5.41, 5.74) is 4.98. The maximum atomic E-state index is 5.10. The smallest absolute Gasteiger partial charge is 0.165 e. The highest BCUT2D eigenvalue weighted by Gasteiger charge is 2.18. The van der Waals surface area contributed by atoms with Gasteiger partial charge in [-0.05, 0) is 56.6 Å². The standard InChI is InChI=1S/C44H27N5/c1-4-16-32-28(11-1)14-9-20-35(32)43-46-42(47-44(48-43)36-21-10-15-29-12-2-5-17-33(29)36)31-24-26-40(45-27-31)49-38-22-8-7-19-37(38)41-34-18-6-3-13-30(34)23-25-39(41)49/h1-27H. The third kappa shape index (κ3) is 4.40. The molecule has 10 aromatic rings. The van der Waals surface area contributed by atoms with E-state index in [1.54, 1.807) is 0 Å². The van der Waals surface area contributed by atoms with E-state index in [-0.39, 0.29) is 0 Å². The summed E-state index contributed by atoms with van der Waals surface area (Å²) in [6, 6.07) is 54.9. The van der Waals surface area contributed by atoms with E-state index in [9.17, 15) is 0 Å². The van der Waals surface area contributed by atoms with Gasteiger partial charge in [-0.2, -0.15) is 0 Å². The van der Waals surface area contributed by atoms with Crippen LogP contribution in [0.5, 0.6) is 0 Å². The first-order valence-electron chi connectivity index (χ1n) is 16.4. The summed E-state index contributed by atoms with van der Waals surface area (Å²) in [6.07, 6.45) is 1.88. The van der Waals surface area contributed by atoms with Gasteiger partial charge in [0.15, 0.2) is 17.5 Å². The molecule has 228 valence electrons. The maximum absolute atomic E-state index is 5.10. The van der Waals surface area contributed by atoms with Crippen LogP contribution in [0.4, 0.5) is 0 Å². The molecule has 0 aliphatic rings. The molecule has 5 heteroatoms. The molecule has 0 fully saturated rings. The third-order valence-electron chi connectivity index (χ3n) is 9.49. The highest BCUT2D eigenvalue weighted by molar-refractivity contribution is 6.21. The van der Waals surface area contributed by atoms with Crippen molar-refractivity contribution >= 4 is 54.1 Å². The molecule has 0 bridgehead atoms. The summed E-state index contributed by atoms with van der Waals surface area (Å²) in [6.45, 7) is 0. The average molecular weight is 626 g/mol. The zero-order valence-corrected chi connectivity index (χ0v) is 26.3. The molecule has 49 heavy (non-hydrogen) atoms. The van der Waals surface area contributed by atoms with Gasteiger partial charge in [-0.15, -0.1) is 0 Å². The number of nitrogens with zero attached hydrogens (tertiary/aromatic N) is 5. The molecule has 7 aromatic carbocycles. The maximum Gasteiger partial charge on any atom is 0.165 e. The summed E-state index contributed by atoms with van der Waals surface area (Å²) < 4.78 is 2.25. The average Bonchev–Trinajstić information content (AvgIpc) is 3.52. The first-order chi connectivity index (χ1) is 24.3. The lowest BCUT2D eigenvalue weighted by atomic mass is 10.0. The lowest BCUT2D eigenvalue weighted by molar-refractivity contribution is 1.06. The zero-order chi connectivity index (χ0) is 32.3. The summed E-state index contributed by atoms with van der Waals surface area (Å²) >= 11 is 0. The first kappa shape index (κ1) is 27.4. The Bertz CT molecular complexity index is 2780. The van der Waals surface area contributed by atoms with E-state index >= 15 is 0 Å². The SMILES string of the molecule is c1ccc2c(-c3nc(-c4ccc(-n5c6ccccc6c6c7ccccc7ccc65)nc4)nc(-c4cccc5ccccc45)n3)cccc2c1. The lowest BCUT2D eigenvalue weighted by Gasteiger charge is -2.12. The van der Waals surface area contributed by atoms with Crippen molar-refractivity contribution in [3.8, 4) is 40.0 Å². The quantitative estimate of drug-likeness (QED) is 0.195. The molecule has 0 atom stereocenters.